The minimum atomic E-state index is -0.506. The van der Waals surface area contributed by atoms with Gasteiger partial charge in [-0.2, -0.15) is 0 Å². The molecule has 0 spiro atoms. The van der Waals surface area contributed by atoms with E-state index in [1.807, 2.05) is 45.0 Å². The van der Waals surface area contributed by atoms with Gasteiger partial charge >= 0.3 is 6.09 Å². The van der Waals surface area contributed by atoms with Crippen molar-refractivity contribution in [1.82, 2.24) is 15.3 Å². The first kappa shape index (κ1) is 17.3. The molecule has 0 aliphatic carbocycles. The van der Waals surface area contributed by atoms with Gasteiger partial charge < -0.3 is 20.7 Å². The monoisotopic (exact) mass is 343 g/mol. The van der Waals surface area contributed by atoms with Crippen LogP contribution in [0.4, 0.5) is 16.4 Å². The lowest BCUT2D eigenvalue weighted by molar-refractivity contribution is 0.0525. The van der Waals surface area contributed by atoms with Crippen LogP contribution in [-0.4, -0.2) is 40.8 Å². The van der Waals surface area contributed by atoms with Gasteiger partial charge in [-0.15, -0.1) is 0 Å². The van der Waals surface area contributed by atoms with Crippen molar-refractivity contribution in [3.8, 4) is 0 Å². The van der Waals surface area contributed by atoms with Crippen LogP contribution in [0.25, 0.3) is 11.0 Å². The number of alkyl carbamates (subject to hydrolysis) is 1. The van der Waals surface area contributed by atoms with E-state index >= 15 is 0 Å². The molecule has 25 heavy (non-hydrogen) atoms. The van der Waals surface area contributed by atoms with E-state index in [9.17, 15) is 4.79 Å². The summed E-state index contributed by atoms with van der Waals surface area (Å²) >= 11 is 0. The van der Waals surface area contributed by atoms with Crippen molar-refractivity contribution >= 4 is 28.8 Å². The van der Waals surface area contributed by atoms with E-state index in [1.165, 1.54) is 0 Å². The van der Waals surface area contributed by atoms with Gasteiger partial charge in [0.25, 0.3) is 0 Å². The van der Waals surface area contributed by atoms with Crippen molar-refractivity contribution in [1.29, 1.82) is 0 Å². The van der Waals surface area contributed by atoms with Crippen LogP contribution in [0.1, 0.15) is 33.6 Å². The van der Waals surface area contributed by atoms with Crippen LogP contribution in [-0.2, 0) is 4.74 Å². The van der Waals surface area contributed by atoms with Crippen LogP contribution in [0, 0.1) is 0 Å². The number of fused-ring (bicyclic) bond motifs is 1. The SMILES string of the molecule is CC(C)(C)OC(=O)NC[C@H]1CCCN1c1nc2ccccc2nc1N. The molecule has 1 aliphatic rings. The fourth-order valence-corrected chi connectivity index (χ4v) is 3.06. The van der Waals surface area contributed by atoms with E-state index in [2.05, 4.69) is 20.2 Å². The number of para-hydroxylation sites is 2. The number of benzene rings is 1. The molecule has 3 rings (SSSR count). The summed E-state index contributed by atoms with van der Waals surface area (Å²) in [6.07, 6.45) is 1.58. The molecule has 0 radical (unpaired) electrons. The van der Waals surface area contributed by atoms with E-state index in [0.717, 1.165) is 30.4 Å². The highest BCUT2D eigenvalue weighted by atomic mass is 16.6. The number of carbonyl (C=O) groups is 1. The second-order valence-electron chi connectivity index (χ2n) is 7.29. The second-order valence-corrected chi connectivity index (χ2v) is 7.29. The number of aromatic nitrogens is 2. The maximum atomic E-state index is 11.9. The van der Waals surface area contributed by atoms with Crippen LogP contribution < -0.4 is 16.0 Å². The zero-order valence-electron chi connectivity index (χ0n) is 15.0. The molecule has 134 valence electrons. The Bertz CT molecular complexity index is 772. The fourth-order valence-electron chi connectivity index (χ4n) is 3.06. The second kappa shape index (κ2) is 6.74. The number of amides is 1. The van der Waals surface area contributed by atoms with Crippen molar-refractivity contribution in [2.45, 2.75) is 45.3 Å². The van der Waals surface area contributed by atoms with E-state index in [1.54, 1.807) is 0 Å². The molecular formula is C18H25N5O2. The topological polar surface area (TPSA) is 93.4 Å². The number of carbonyl (C=O) groups excluding carboxylic acids is 1. The van der Waals surface area contributed by atoms with Gasteiger partial charge in [-0.1, -0.05) is 12.1 Å². The van der Waals surface area contributed by atoms with Crippen LogP contribution >= 0.6 is 0 Å². The highest BCUT2D eigenvalue weighted by Gasteiger charge is 2.29. The summed E-state index contributed by atoms with van der Waals surface area (Å²) in [7, 11) is 0. The molecule has 3 N–H and O–H groups in total. The highest BCUT2D eigenvalue weighted by Crippen LogP contribution is 2.29. The Morgan fingerprint density at radius 1 is 1.32 bits per heavy atom. The highest BCUT2D eigenvalue weighted by molar-refractivity contribution is 5.80. The zero-order chi connectivity index (χ0) is 18.0. The largest absolute Gasteiger partial charge is 0.444 e. The van der Waals surface area contributed by atoms with Gasteiger partial charge in [-0.25, -0.2) is 14.8 Å². The van der Waals surface area contributed by atoms with Crippen LogP contribution in [0.15, 0.2) is 24.3 Å². The molecule has 2 heterocycles. The lowest BCUT2D eigenvalue weighted by Gasteiger charge is -2.27. The molecule has 0 bridgehead atoms. The van der Waals surface area contributed by atoms with Crippen molar-refractivity contribution in [3.05, 3.63) is 24.3 Å². The third kappa shape index (κ3) is 4.10. The lowest BCUT2D eigenvalue weighted by atomic mass is 10.2. The van der Waals surface area contributed by atoms with Crippen LogP contribution in [0.3, 0.4) is 0 Å². The average molecular weight is 343 g/mol. The predicted octanol–water partition coefficient (Wildman–Crippen LogP) is 2.71. The Morgan fingerprint density at radius 3 is 2.68 bits per heavy atom. The van der Waals surface area contributed by atoms with Crippen LogP contribution in [0.2, 0.25) is 0 Å². The first-order chi connectivity index (χ1) is 11.8. The van der Waals surface area contributed by atoms with Gasteiger partial charge in [0.05, 0.1) is 11.0 Å². The first-order valence-electron chi connectivity index (χ1n) is 8.59. The number of anilines is 2. The number of hydrogen-bond donors (Lipinski definition) is 2. The summed E-state index contributed by atoms with van der Waals surface area (Å²) < 4.78 is 5.30. The normalized spacial score (nSPS) is 17.7. The Morgan fingerprint density at radius 2 is 2.00 bits per heavy atom. The van der Waals surface area contributed by atoms with Gasteiger partial charge in [0.15, 0.2) is 11.6 Å². The molecule has 1 amide bonds. The molecule has 1 fully saturated rings. The molecule has 1 saturated heterocycles. The standard InChI is InChI=1S/C18H25N5O2/c1-18(2,3)25-17(24)20-11-12-7-6-10-23(12)16-15(19)21-13-8-4-5-9-14(13)22-16/h4-5,8-9,12H,6-7,10-11H2,1-3H3,(H2,19,21)(H,20,24)/t12-/m1/s1. The van der Waals surface area contributed by atoms with Gasteiger partial charge in [0.1, 0.15) is 5.60 Å². The molecule has 1 aromatic heterocycles. The summed E-state index contributed by atoms with van der Waals surface area (Å²) in [4.78, 5) is 23.2. The fraction of sp³-hybridized carbons (Fsp3) is 0.500. The summed E-state index contributed by atoms with van der Waals surface area (Å²) in [6.45, 7) is 6.88. The van der Waals surface area contributed by atoms with E-state index in [0.29, 0.717) is 18.2 Å². The molecule has 1 aliphatic heterocycles. The summed E-state index contributed by atoms with van der Waals surface area (Å²) in [5.41, 5.74) is 7.24. The van der Waals surface area contributed by atoms with Crippen LogP contribution in [0.5, 0.6) is 0 Å². The third-order valence-electron chi connectivity index (χ3n) is 4.11. The maximum absolute atomic E-state index is 11.9. The Balaban J connectivity index is 1.73. The van der Waals surface area contributed by atoms with Crippen molar-refractivity contribution in [2.75, 3.05) is 23.7 Å². The summed E-state index contributed by atoms with van der Waals surface area (Å²) in [5.74, 6) is 1.11. The van der Waals surface area contributed by atoms with Crippen molar-refractivity contribution in [2.24, 2.45) is 0 Å². The quantitative estimate of drug-likeness (QED) is 0.890. The molecule has 1 atom stereocenters. The van der Waals surface area contributed by atoms with E-state index in [4.69, 9.17) is 10.5 Å². The van der Waals surface area contributed by atoms with Gasteiger partial charge in [0, 0.05) is 19.1 Å². The summed E-state index contributed by atoms with van der Waals surface area (Å²) in [6, 6.07) is 7.80. The number of nitrogen functional groups attached to an aromatic ring is 1. The Labute approximate surface area is 147 Å². The predicted molar refractivity (Wildman–Crippen MR) is 98.6 cm³/mol. The first-order valence-corrected chi connectivity index (χ1v) is 8.59. The average Bonchev–Trinajstić information content (AvgIpc) is 2.99. The number of nitrogens with one attached hydrogen (secondary N) is 1. The van der Waals surface area contributed by atoms with E-state index in [-0.39, 0.29) is 6.04 Å². The maximum Gasteiger partial charge on any atom is 0.407 e. The summed E-state index contributed by atoms with van der Waals surface area (Å²) in [5, 5.41) is 2.85. The number of nitrogens with two attached hydrogens (primary N) is 1. The van der Waals surface area contributed by atoms with E-state index < -0.39 is 11.7 Å². The molecule has 0 saturated carbocycles. The number of hydrogen-bond acceptors (Lipinski definition) is 6. The Hall–Kier alpha value is -2.57. The molecule has 0 unspecified atom stereocenters. The number of ether oxygens (including phenoxy) is 1. The minimum Gasteiger partial charge on any atom is -0.444 e. The molecule has 7 nitrogen and oxygen atoms in total. The lowest BCUT2D eigenvalue weighted by Crippen LogP contribution is -2.42. The van der Waals surface area contributed by atoms with Gasteiger partial charge in [-0.05, 0) is 45.7 Å². The zero-order valence-corrected chi connectivity index (χ0v) is 15.0. The molecule has 7 heteroatoms. The van der Waals surface area contributed by atoms with Gasteiger partial charge in [0.2, 0.25) is 0 Å². The molecule has 2 aromatic rings. The van der Waals surface area contributed by atoms with Gasteiger partial charge in [-0.3, -0.25) is 0 Å². The van der Waals surface area contributed by atoms with Crippen molar-refractivity contribution in [3.63, 3.8) is 0 Å². The molecular weight excluding hydrogens is 318 g/mol. The third-order valence-corrected chi connectivity index (χ3v) is 4.11. The number of rotatable bonds is 3. The van der Waals surface area contributed by atoms with Crippen molar-refractivity contribution < 1.29 is 9.53 Å². The Kier molecular flexibility index (Phi) is 4.65. The molecule has 1 aromatic carbocycles. The minimum absolute atomic E-state index is 0.130. The smallest absolute Gasteiger partial charge is 0.407 e. The number of nitrogens with zero attached hydrogens (tertiary/aromatic N) is 3.